The summed E-state index contributed by atoms with van der Waals surface area (Å²) in [6, 6.07) is 8.85. The summed E-state index contributed by atoms with van der Waals surface area (Å²) in [5.41, 5.74) is 0.368. The molecule has 1 aromatic heterocycles. The fourth-order valence-corrected chi connectivity index (χ4v) is 1.52. The minimum absolute atomic E-state index is 0.0843. The first kappa shape index (κ1) is 12.8. The SMILES string of the molecule is COc1ccc(Nc2cccc(C(=O)O)n2)cc1F. The Kier molecular flexibility index (Phi) is 3.61. The molecule has 6 heteroatoms. The molecule has 0 radical (unpaired) electrons. The third-order valence-corrected chi connectivity index (χ3v) is 2.39. The Labute approximate surface area is 108 Å². The quantitative estimate of drug-likeness (QED) is 0.886. The van der Waals surface area contributed by atoms with Gasteiger partial charge in [0, 0.05) is 11.8 Å². The van der Waals surface area contributed by atoms with Crippen LogP contribution in [0, 0.1) is 5.82 Å². The van der Waals surface area contributed by atoms with Crippen molar-refractivity contribution in [1.82, 2.24) is 4.98 Å². The van der Waals surface area contributed by atoms with Crippen LogP contribution in [0.5, 0.6) is 5.75 Å². The number of methoxy groups -OCH3 is 1. The highest BCUT2D eigenvalue weighted by molar-refractivity contribution is 5.85. The van der Waals surface area contributed by atoms with Crippen molar-refractivity contribution in [3.05, 3.63) is 47.9 Å². The Morgan fingerprint density at radius 1 is 1.37 bits per heavy atom. The van der Waals surface area contributed by atoms with Crippen LogP contribution in [-0.4, -0.2) is 23.2 Å². The zero-order valence-corrected chi connectivity index (χ0v) is 10.1. The maximum Gasteiger partial charge on any atom is 0.354 e. The van der Waals surface area contributed by atoms with Gasteiger partial charge in [-0.1, -0.05) is 6.07 Å². The van der Waals surface area contributed by atoms with Gasteiger partial charge in [0.2, 0.25) is 0 Å². The molecule has 0 saturated carbocycles. The number of carboxylic acid groups (broad SMARTS) is 1. The van der Waals surface area contributed by atoms with Crippen molar-refractivity contribution in [2.24, 2.45) is 0 Å². The van der Waals surface area contributed by atoms with Crippen LogP contribution in [0.15, 0.2) is 36.4 Å². The lowest BCUT2D eigenvalue weighted by molar-refractivity contribution is 0.0690. The van der Waals surface area contributed by atoms with Crippen LogP contribution in [0.3, 0.4) is 0 Å². The van der Waals surface area contributed by atoms with Gasteiger partial charge in [0.1, 0.15) is 5.82 Å². The lowest BCUT2D eigenvalue weighted by Crippen LogP contribution is -2.02. The van der Waals surface area contributed by atoms with E-state index in [1.165, 1.54) is 25.3 Å². The molecule has 5 nitrogen and oxygen atoms in total. The highest BCUT2D eigenvalue weighted by Gasteiger charge is 2.07. The molecule has 2 rings (SSSR count). The van der Waals surface area contributed by atoms with Crippen LogP contribution in [0.2, 0.25) is 0 Å². The fraction of sp³-hybridized carbons (Fsp3) is 0.0769. The molecule has 0 aliphatic heterocycles. The number of nitrogens with zero attached hydrogens (tertiary/aromatic N) is 1. The van der Waals surface area contributed by atoms with Crippen LogP contribution in [-0.2, 0) is 0 Å². The normalized spacial score (nSPS) is 10.0. The minimum atomic E-state index is -1.12. The van der Waals surface area contributed by atoms with E-state index in [1.807, 2.05) is 0 Å². The fourth-order valence-electron chi connectivity index (χ4n) is 1.52. The van der Waals surface area contributed by atoms with Gasteiger partial charge in [0.05, 0.1) is 7.11 Å². The van der Waals surface area contributed by atoms with Gasteiger partial charge in [0.15, 0.2) is 17.3 Å². The number of aromatic carboxylic acids is 1. The first-order valence-electron chi connectivity index (χ1n) is 5.41. The molecule has 98 valence electrons. The van der Waals surface area contributed by atoms with E-state index in [0.29, 0.717) is 11.5 Å². The molecule has 0 aliphatic rings. The summed E-state index contributed by atoms with van der Waals surface area (Å²) in [6.45, 7) is 0. The number of ether oxygens (including phenoxy) is 1. The minimum Gasteiger partial charge on any atom is -0.494 e. The second-order valence-corrected chi connectivity index (χ2v) is 3.69. The molecular weight excluding hydrogens is 251 g/mol. The summed E-state index contributed by atoms with van der Waals surface area (Å²) in [5.74, 6) is -1.17. The number of rotatable bonds is 4. The van der Waals surface area contributed by atoms with E-state index in [1.54, 1.807) is 18.2 Å². The number of halogens is 1. The number of carbonyl (C=O) groups is 1. The summed E-state index contributed by atoms with van der Waals surface area (Å²) < 4.78 is 18.3. The van der Waals surface area contributed by atoms with Gasteiger partial charge >= 0.3 is 5.97 Å². The van der Waals surface area contributed by atoms with Crippen molar-refractivity contribution < 1.29 is 19.0 Å². The van der Waals surface area contributed by atoms with Gasteiger partial charge in [-0.3, -0.25) is 0 Å². The number of benzene rings is 1. The Bertz CT molecular complexity index is 617. The summed E-state index contributed by atoms with van der Waals surface area (Å²) in [4.78, 5) is 14.7. The topological polar surface area (TPSA) is 71.5 Å². The van der Waals surface area contributed by atoms with E-state index in [4.69, 9.17) is 9.84 Å². The van der Waals surface area contributed by atoms with Gasteiger partial charge in [-0.15, -0.1) is 0 Å². The third-order valence-electron chi connectivity index (χ3n) is 2.39. The van der Waals surface area contributed by atoms with Crippen LogP contribution in [0.1, 0.15) is 10.5 Å². The molecule has 19 heavy (non-hydrogen) atoms. The Morgan fingerprint density at radius 2 is 2.16 bits per heavy atom. The van der Waals surface area contributed by atoms with Crippen molar-refractivity contribution in [3.63, 3.8) is 0 Å². The molecule has 1 aromatic carbocycles. The van der Waals surface area contributed by atoms with E-state index >= 15 is 0 Å². The molecule has 0 spiro atoms. The molecule has 0 bridgehead atoms. The average molecular weight is 262 g/mol. The molecule has 2 N–H and O–H groups in total. The highest BCUT2D eigenvalue weighted by atomic mass is 19.1. The van der Waals surface area contributed by atoms with Gasteiger partial charge < -0.3 is 15.2 Å². The maximum absolute atomic E-state index is 13.5. The number of hydrogen-bond donors (Lipinski definition) is 2. The van der Waals surface area contributed by atoms with Crippen molar-refractivity contribution in [1.29, 1.82) is 0 Å². The second kappa shape index (κ2) is 5.34. The Hall–Kier alpha value is -2.63. The number of aromatic nitrogens is 1. The molecule has 2 aromatic rings. The lowest BCUT2D eigenvalue weighted by Gasteiger charge is -2.08. The standard InChI is InChI=1S/C13H11FN2O3/c1-19-11-6-5-8(7-9(11)14)15-12-4-2-3-10(16-12)13(17)18/h2-7H,1H3,(H,15,16)(H,17,18). The van der Waals surface area contributed by atoms with E-state index in [2.05, 4.69) is 10.3 Å². The summed E-state index contributed by atoms with van der Waals surface area (Å²) in [5, 5.41) is 11.6. The molecule has 0 atom stereocenters. The predicted octanol–water partition coefficient (Wildman–Crippen LogP) is 2.67. The molecule has 0 amide bonds. The molecule has 0 fully saturated rings. The second-order valence-electron chi connectivity index (χ2n) is 3.69. The smallest absolute Gasteiger partial charge is 0.354 e. The van der Waals surface area contributed by atoms with Crippen molar-refractivity contribution in [3.8, 4) is 5.75 Å². The number of pyridine rings is 1. The third kappa shape index (κ3) is 2.98. The zero-order valence-electron chi connectivity index (χ0n) is 10.1. The predicted molar refractivity (Wildman–Crippen MR) is 67.4 cm³/mol. The van der Waals surface area contributed by atoms with Gasteiger partial charge in [-0.2, -0.15) is 0 Å². The largest absolute Gasteiger partial charge is 0.494 e. The first-order chi connectivity index (χ1) is 9.10. The van der Waals surface area contributed by atoms with Gasteiger partial charge in [-0.05, 0) is 24.3 Å². The van der Waals surface area contributed by atoms with E-state index in [0.717, 1.165) is 0 Å². The van der Waals surface area contributed by atoms with E-state index in [-0.39, 0.29) is 11.4 Å². The van der Waals surface area contributed by atoms with Gasteiger partial charge in [-0.25, -0.2) is 14.2 Å². The molecule has 0 unspecified atom stereocenters. The molecule has 0 aliphatic carbocycles. The molecular formula is C13H11FN2O3. The van der Waals surface area contributed by atoms with E-state index in [9.17, 15) is 9.18 Å². The first-order valence-corrected chi connectivity index (χ1v) is 5.41. The number of hydrogen-bond acceptors (Lipinski definition) is 4. The van der Waals surface area contributed by atoms with Crippen molar-refractivity contribution in [2.45, 2.75) is 0 Å². The van der Waals surface area contributed by atoms with Crippen LogP contribution < -0.4 is 10.1 Å². The molecule has 1 heterocycles. The summed E-state index contributed by atoms with van der Waals surface area (Å²) >= 11 is 0. The lowest BCUT2D eigenvalue weighted by atomic mass is 10.3. The number of nitrogens with one attached hydrogen (secondary N) is 1. The average Bonchev–Trinajstić information content (AvgIpc) is 2.39. The zero-order chi connectivity index (χ0) is 13.8. The highest BCUT2D eigenvalue weighted by Crippen LogP contribution is 2.22. The Balaban J connectivity index is 2.23. The monoisotopic (exact) mass is 262 g/mol. The number of anilines is 2. The molecule has 0 saturated heterocycles. The summed E-state index contributed by atoms with van der Waals surface area (Å²) in [7, 11) is 1.38. The van der Waals surface area contributed by atoms with Crippen LogP contribution >= 0.6 is 0 Å². The van der Waals surface area contributed by atoms with Crippen molar-refractivity contribution >= 4 is 17.5 Å². The van der Waals surface area contributed by atoms with E-state index < -0.39 is 11.8 Å². The van der Waals surface area contributed by atoms with Crippen molar-refractivity contribution in [2.75, 3.05) is 12.4 Å². The number of carboxylic acids is 1. The van der Waals surface area contributed by atoms with Crippen LogP contribution in [0.25, 0.3) is 0 Å². The Morgan fingerprint density at radius 3 is 2.79 bits per heavy atom. The van der Waals surface area contributed by atoms with Crippen LogP contribution in [0.4, 0.5) is 15.9 Å². The van der Waals surface area contributed by atoms with Gasteiger partial charge in [0.25, 0.3) is 0 Å². The maximum atomic E-state index is 13.5. The summed E-state index contributed by atoms with van der Waals surface area (Å²) in [6.07, 6.45) is 0.